The fourth-order valence-electron chi connectivity index (χ4n) is 4.24. The van der Waals surface area contributed by atoms with Crippen LogP contribution in [-0.2, 0) is 4.74 Å². The second-order valence-corrected chi connectivity index (χ2v) is 7.89. The first-order chi connectivity index (χ1) is 13.9. The minimum atomic E-state index is -0.901. The van der Waals surface area contributed by atoms with Crippen molar-refractivity contribution >= 4 is 11.8 Å². The Bertz CT molecular complexity index is 864. The number of aliphatic hydroxyl groups is 1. The van der Waals surface area contributed by atoms with Crippen LogP contribution < -0.4 is 5.32 Å². The van der Waals surface area contributed by atoms with Crippen LogP contribution in [0.15, 0.2) is 41.2 Å². The minimum absolute atomic E-state index is 0.158. The average Bonchev–Trinajstić information content (AvgIpc) is 3.28. The highest BCUT2D eigenvalue weighted by atomic mass is 16.6. The van der Waals surface area contributed by atoms with Crippen molar-refractivity contribution in [3.63, 3.8) is 0 Å². The zero-order chi connectivity index (χ0) is 20.5. The maximum atomic E-state index is 12.7. The van der Waals surface area contributed by atoms with Crippen molar-refractivity contribution in [3.8, 4) is 0 Å². The van der Waals surface area contributed by atoms with Crippen LogP contribution >= 0.6 is 0 Å². The quantitative estimate of drug-likeness (QED) is 0.790. The van der Waals surface area contributed by atoms with Crippen molar-refractivity contribution in [1.82, 2.24) is 20.5 Å². The number of ether oxygens (including phenoxy) is 1. The Morgan fingerprint density at radius 3 is 2.59 bits per heavy atom. The molecule has 2 atom stereocenters. The van der Waals surface area contributed by atoms with Gasteiger partial charge in [0.2, 0.25) is 0 Å². The van der Waals surface area contributed by atoms with Gasteiger partial charge in [0, 0.05) is 25.3 Å². The lowest BCUT2D eigenvalue weighted by molar-refractivity contribution is -0.203. The summed E-state index contributed by atoms with van der Waals surface area (Å²) in [4.78, 5) is 26.8. The van der Waals surface area contributed by atoms with Crippen LogP contribution in [0.3, 0.4) is 0 Å². The molecule has 1 aromatic heterocycles. The number of nitrogens with one attached hydrogen (secondary N) is 1. The summed E-state index contributed by atoms with van der Waals surface area (Å²) in [6, 6.07) is 8.93. The summed E-state index contributed by atoms with van der Waals surface area (Å²) < 4.78 is 10.5. The Morgan fingerprint density at radius 2 is 1.93 bits per heavy atom. The van der Waals surface area contributed by atoms with Crippen LogP contribution in [0.4, 0.5) is 0 Å². The van der Waals surface area contributed by atoms with E-state index in [2.05, 4.69) is 20.3 Å². The lowest BCUT2D eigenvalue weighted by atomic mass is 9.73. The molecule has 2 saturated heterocycles. The van der Waals surface area contributed by atoms with Gasteiger partial charge in [-0.3, -0.25) is 9.59 Å². The summed E-state index contributed by atoms with van der Waals surface area (Å²) in [5.74, 6) is -0.484. The Balaban J connectivity index is 1.45. The van der Waals surface area contributed by atoms with E-state index in [1.54, 1.807) is 29.2 Å². The number of amides is 2. The number of hydrogen-bond acceptors (Lipinski definition) is 7. The van der Waals surface area contributed by atoms with E-state index in [1.165, 1.54) is 6.20 Å². The van der Waals surface area contributed by atoms with Gasteiger partial charge >= 0.3 is 0 Å². The number of rotatable bonds is 3. The van der Waals surface area contributed by atoms with Gasteiger partial charge < -0.3 is 20.1 Å². The van der Waals surface area contributed by atoms with Crippen LogP contribution in [0.25, 0.3) is 0 Å². The molecule has 0 radical (unpaired) electrons. The third kappa shape index (κ3) is 3.63. The summed E-state index contributed by atoms with van der Waals surface area (Å²) in [6.45, 7) is 3.09. The van der Waals surface area contributed by atoms with E-state index >= 15 is 0 Å². The molecule has 2 aliphatic heterocycles. The smallest absolute Gasteiger partial charge is 0.277 e. The van der Waals surface area contributed by atoms with Gasteiger partial charge in [-0.25, -0.2) is 4.63 Å². The maximum absolute atomic E-state index is 12.7. The molecule has 0 saturated carbocycles. The Morgan fingerprint density at radius 1 is 1.21 bits per heavy atom. The average molecular weight is 400 g/mol. The summed E-state index contributed by atoms with van der Waals surface area (Å²) >= 11 is 0. The third-order valence-corrected chi connectivity index (χ3v) is 6.03. The number of carbonyl (C=O) groups excluding carboxylic acids is 2. The zero-order valence-electron chi connectivity index (χ0n) is 16.2. The molecule has 2 N–H and O–H groups in total. The van der Waals surface area contributed by atoms with Gasteiger partial charge in [-0.15, -0.1) is 0 Å². The van der Waals surface area contributed by atoms with Gasteiger partial charge in [-0.2, -0.15) is 0 Å². The number of likely N-dealkylation sites (tertiary alicyclic amines) is 1. The molecule has 2 aromatic rings. The van der Waals surface area contributed by atoms with Crippen LogP contribution in [0.5, 0.6) is 0 Å². The van der Waals surface area contributed by atoms with E-state index < -0.39 is 17.2 Å². The molecule has 1 aromatic carbocycles. The van der Waals surface area contributed by atoms with Crippen LogP contribution in [0.2, 0.25) is 0 Å². The molecular weight excluding hydrogens is 376 g/mol. The van der Waals surface area contributed by atoms with Gasteiger partial charge in [0.25, 0.3) is 11.8 Å². The molecule has 9 heteroatoms. The number of aliphatic hydroxyl groups excluding tert-OH is 1. The van der Waals surface area contributed by atoms with E-state index in [1.807, 2.05) is 13.0 Å². The molecule has 1 spiro atoms. The van der Waals surface area contributed by atoms with Gasteiger partial charge in [0.05, 0.1) is 11.1 Å². The predicted molar refractivity (Wildman–Crippen MR) is 101 cm³/mol. The molecule has 9 nitrogen and oxygen atoms in total. The van der Waals surface area contributed by atoms with E-state index in [4.69, 9.17) is 4.74 Å². The van der Waals surface area contributed by atoms with Crippen molar-refractivity contribution in [2.45, 2.75) is 43.4 Å². The number of benzene rings is 1. The lowest BCUT2D eigenvalue weighted by Gasteiger charge is -2.53. The van der Waals surface area contributed by atoms with E-state index in [-0.39, 0.29) is 17.5 Å². The first kappa shape index (κ1) is 19.5. The van der Waals surface area contributed by atoms with Crippen LogP contribution in [0.1, 0.15) is 47.0 Å². The third-order valence-electron chi connectivity index (χ3n) is 6.03. The molecule has 0 unspecified atom stereocenters. The number of aromatic nitrogens is 2. The summed E-state index contributed by atoms with van der Waals surface area (Å²) in [6.07, 6.45) is 1.81. The highest BCUT2D eigenvalue weighted by molar-refractivity contribution is 5.94. The molecule has 154 valence electrons. The predicted octanol–water partition coefficient (Wildman–Crippen LogP) is 1.01. The molecule has 0 bridgehead atoms. The molecular formula is C20H24N4O5. The standard InChI is InChI=1S/C20H24N4O5/c1-19(22-16(25)14-5-3-2-4-6-14)9-12-28-20(18(19)27)7-10-24(11-8-20)17(26)15-13-21-29-23-15/h2-6,13,18,27H,7-12H2,1H3,(H,22,25)/t18-,19+/m1/s1. The molecule has 4 rings (SSSR count). The van der Waals surface area contributed by atoms with Crippen molar-refractivity contribution < 1.29 is 24.1 Å². The highest BCUT2D eigenvalue weighted by Gasteiger charge is 2.54. The van der Waals surface area contributed by atoms with Crippen LogP contribution in [-0.4, -0.2) is 69.1 Å². The summed E-state index contributed by atoms with van der Waals surface area (Å²) in [5.41, 5.74) is -0.933. The number of nitrogens with zero attached hydrogens (tertiary/aromatic N) is 3. The van der Waals surface area contributed by atoms with E-state index in [0.717, 1.165) is 0 Å². The number of piperidine rings is 1. The first-order valence-corrected chi connectivity index (χ1v) is 9.70. The van der Waals surface area contributed by atoms with Gasteiger partial charge in [0.15, 0.2) is 5.69 Å². The largest absolute Gasteiger partial charge is 0.388 e. The molecule has 29 heavy (non-hydrogen) atoms. The Kier molecular flexibility index (Phi) is 5.10. The van der Waals surface area contributed by atoms with Gasteiger partial charge in [-0.1, -0.05) is 23.4 Å². The Labute approximate surface area is 168 Å². The molecule has 2 fully saturated rings. The van der Waals surface area contributed by atoms with E-state index in [0.29, 0.717) is 44.5 Å². The monoisotopic (exact) mass is 400 g/mol. The molecule has 3 heterocycles. The van der Waals surface area contributed by atoms with Crippen molar-refractivity contribution in [3.05, 3.63) is 47.8 Å². The molecule has 2 aliphatic rings. The maximum Gasteiger partial charge on any atom is 0.277 e. The minimum Gasteiger partial charge on any atom is -0.388 e. The Hall–Kier alpha value is -2.78. The number of carbonyl (C=O) groups is 2. The first-order valence-electron chi connectivity index (χ1n) is 9.70. The highest BCUT2D eigenvalue weighted by Crippen LogP contribution is 2.40. The molecule has 2 amide bonds. The van der Waals surface area contributed by atoms with Crippen molar-refractivity contribution in [2.75, 3.05) is 19.7 Å². The van der Waals surface area contributed by atoms with E-state index in [9.17, 15) is 14.7 Å². The fraction of sp³-hybridized carbons (Fsp3) is 0.500. The second-order valence-electron chi connectivity index (χ2n) is 7.89. The van der Waals surface area contributed by atoms with Crippen molar-refractivity contribution in [2.24, 2.45) is 0 Å². The zero-order valence-corrected chi connectivity index (χ0v) is 16.2. The second kappa shape index (κ2) is 7.57. The van der Waals surface area contributed by atoms with Gasteiger partial charge in [0.1, 0.15) is 12.3 Å². The number of hydrogen-bond donors (Lipinski definition) is 2. The normalized spacial score (nSPS) is 26.3. The molecule has 0 aliphatic carbocycles. The van der Waals surface area contributed by atoms with Gasteiger partial charge in [-0.05, 0) is 43.5 Å². The lowest BCUT2D eigenvalue weighted by Crippen LogP contribution is -2.69. The SMILES string of the molecule is C[C@]1(NC(=O)c2ccccc2)CCOC2(CCN(C(=O)c3cnon3)CC2)[C@@H]1O. The summed E-state index contributed by atoms with van der Waals surface area (Å²) in [5, 5.41) is 21.3. The summed E-state index contributed by atoms with van der Waals surface area (Å²) in [7, 11) is 0. The topological polar surface area (TPSA) is 118 Å². The van der Waals surface area contributed by atoms with Crippen molar-refractivity contribution in [1.29, 1.82) is 0 Å². The van der Waals surface area contributed by atoms with Crippen LogP contribution in [0, 0.1) is 0 Å². The fourth-order valence-corrected chi connectivity index (χ4v) is 4.24.